The van der Waals surface area contributed by atoms with Crippen molar-refractivity contribution in [2.24, 2.45) is 0 Å². The lowest BCUT2D eigenvalue weighted by Gasteiger charge is -2.19. The Morgan fingerprint density at radius 3 is 2.57 bits per heavy atom. The van der Waals surface area contributed by atoms with Crippen LogP contribution in [0.25, 0.3) is 0 Å². The Labute approximate surface area is 143 Å². The van der Waals surface area contributed by atoms with Crippen LogP contribution in [0.3, 0.4) is 0 Å². The highest BCUT2D eigenvalue weighted by atomic mass is 79.9. The van der Waals surface area contributed by atoms with Gasteiger partial charge in [-0.2, -0.15) is 0 Å². The second-order valence-corrected chi connectivity index (χ2v) is 6.53. The Morgan fingerprint density at radius 2 is 1.86 bits per heavy atom. The Kier molecular flexibility index (Phi) is 6.08. The number of aliphatic hydroxyl groups is 1. The molecule has 2 rings (SSSR count). The fourth-order valence-corrected chi connectivity index (χ4v) is 3.16. The summed E-state index contributed by atoms with van der Waals surface area (Å²) in [7, 11) is 0. The quantitative estimate of drug-likeness (QED) is 0.743. The molecular formula is C16H16BrCl2NO. The van der Waals surface area contributed by atoms with E-state index in [1.807, 2.05) is 31.2 Å². The van der Waals surface area contributed by atoms with Crippen LogP contribution in [-0.4, -0.2) is 11.7 Å². The second kappa shape index (κ2) is 7.61. The molecule has 0 fully saturated rings. The van der Waals surface area contributed by atoms with E-state index in [1.165, 1.54) is 0 Å². The summed E-state index contributed by atoms with van der Waals surface area (Å²) in [6, 6.07) is 13.2. The molecule has 0 radical (unpaired) electrons. The van der Waals surface area contributed by atoms with Gasteiger partial charge in [0.05, 0.1) is 6.10 Å². The van der Waals surface area contributed by atoms with Gasteiger partial charge in [-0.1, -0.05) is 57.3 Å². The Hall–Kier alpha value is -0.580. The van der Waals surface area contributed by atoms with Crippen LogP contribution in [0.4, 0.5) is 0 Å². The molecule has 1 unspecified atom stereocenters. The molecule has 2 nitrogen and oxygen atoms in total. The molecule has 0 amide bonds. The monoisotopic (exact) mass is 387 g/mol. The highest BCUT2D eigenvalue weighted by molar-refractivity contribution is 9.10. The highest BCUT2D eigenvalue weighted by Gasteiger charge is 2.15. The number of halogens is 3. The van der Waals surface area contributed by atoms with Crippen molar-refractivity contribution in [2.45, 2.75) is 19.1 Å². The van der Waals surface area contributed by atoms with Gasteiger partial charge in [-0.3, -0.25) is 0 Å². The minimum absolute atomic E-state index is 0.105. The molecule has 0 aliphatic carbocycles. The van der Waals surface area contributed by atoms with Gasteiger partial charge in [-0.25, -0.2) is 0 Å². The second-order valence-electron chi connectivity index (χ2n) is 4.83. The third-order valence-electron chi connectivity index (χ3n) is 3.31. The molecule has 0 aromatic heterocycles. The number of nitrogens with one attached hydrogen (secondary N) is 1. The van der Waals surface area contributed by atoms with Crippen LogP contribution in [0.5, 0.6) is 0 Å². The van der Waals surface area contributed by atoms with Crippen LogP contribution in [0.1, 0.15) is 30.2 Å². The van der Waals surface area contributed by atoms with E-state index in [9.17, 15) is 5.11 Å². The number of benzene rings is 2. The molecule has 21 heavy (non-hydrogen) atoms. The SMILES string of the molecule is C[C@H](NCC(O)c1cc(Cl)ccc1Cl)c1ccccc1Br. The van der Waals surface area contributed by atoms with E-state index in [1.54, 1.807) is 18.2 Å². The number of hydrogen-bond donors (Lipinski definition) is 2. The van der Waals surface area contributed by atoms with Crippen LogP contribution < -0.4 is 5.32 Å². The summed E-state index contributed by atoms with van der Waals surface area (Å²) in [5, 5.41) is 14.7. The van der Waals surface area contributed by atoms with E-state index in [2.05, 4.69) is 21.2 Å². The number of hydrogen-bond acceptors (Lipinski definition) is 2. The first kappa shape index (κ1) is 16.8. The normalized spacial score (nSPS) is 14.0. The molecule has 0 saturated carbocycles. The molecule has 0 aliphatic rings. The van der Waals surface area contributed by atoms with Crippen molar-refractivity contribution in [3.05, 3.63) is 68.1 Å². The van der Waals surface area contributed by atoms with Crippen molar-refractivity contribution < 1.29 is 5.11 Å². The molecule has 0 bridgehead atoms. The van der Waals surface area contributed by atoms with E-state index in [4.69, 9.17) is 23.2 Å². The maximum atomic E-state index is 10.3. The molecule has 2 aromatic rings. The van der Waals surface area contributed by atoms with Gasteiger partial charge in [0.2, 0.25) is 0 Å². The van der Waals surface area contributed by atoms with Crippen LogP contribution in [0.15, 0.2) is 46.9 Å². The Morgan fingerprint density at radius 1 is 1.14 bits per heavy atom. The predicted octanol–water partition coefficient (Wildman–Crippen LogP) is 5.14. The fourth-order valence-electron chi connectivity index (χ4n) is 2.10. The molecule has 5 heteroatoms. The third kappa shape index (κ3) is 4.44. The van der Waals surface area contributed by atoms with E-state index in [0.717, 1.165) is 10.0 Å². The first-order valence-corrected chi connectivity index (χ1v) is 8.14. The summed E-state index contributed by atoms with van der Waals surface area (Å²) in [5.41, 5.74) is 1.78. The van der Waals surface area contributed by atoms with Crippen LogP contribution in [0, 0.1) is 0 Å². The zero-order valence-corrected chi connectivity index (χ0v) is 14.6. The van der Waals surface area contributed by atoms with Gasteiger partial charge in [-0.05, 0) is 36.8 Å². The van der Waals surface area contributed by atoms with Crippen molar-refractivity contribution in [3.63, 3.8) is 0 Å². The molecule has 0 saturated heterocycles. The third-order valence-corrected chi connectivity index (χ3v) is 4.61. The summed E-state index contributed by atoms with van der Waals surface area (Å²) < 4.78 is 1.04. The van der Waals surface area contributed by atoms with Gasteiger partial charge < -0.3 is 10.4 Å². The average Bonchev–Trinajstić information content (AvgIpc) is 2.47. The van der Waals surface area contributed by atoms with E-state index < -0.39 is 6.10 Å². The standard InChI is InChI=1S/C16H16BrCl2NO/c1-10(12-4-2-3-5-14(12)17)20-9-16(21)13-8-11(18)6-7-15(13)19/h2-8,10,16,20-21H,9H2,1H3/t10-,16?/m0/s1. The molecule has 2 atom stereocenters. The number of rotatable bonds is 5. The lowest BCUT2D eigenvalue weighted by atomic mass is 10.1. The zero-order chi connectivity index (χ0) is 15.4. The van der Waals surface area contributed by atoms with E-state index >= 15 is 0 Å². The summed E-state index contributed by atoms with van der Waals surface area (Å²) in [6.45, 7) is 2.44. The first-order chi connectivity index (χ1) is 9.99. The summed E-state index contributed by atoms with van der Waals surface area (Å²) in [4.78, 5) is 0. The van der Waals surface area contributed by atoms with Crippen molar-refractivity contribution in [1.29, 1.82) is 0 Å². The van der Waals surface area contributed by atoms with Crippen LogP contribution in [0.2, 0.25) is 10.0 Å². The van der Waals surface area contributed by atoms with Crippen LogP contribution in [-0.2, 0) is 0 Å². The molecule has 2 aromatic carbocycles. The topological polar surface area (TPSA) is 32.3 Å². The Balaban J connectivity index is 2.02. The maximum Gasteiger partial charge on any atom is 0.0929 e. The van der Waals surface area contributed by atoms with Gasteiger partial charge in [-0.15, -0.1) is 0 Å². The summed E-state index contributed by atoms with van der Waals surface area (Å²) in [6.07, 6.45) is -0.707. The summed E-state index contributed by atoms with van der Waals surface area (Å²) in [5.74, 6) is 0. The molecule has 2 N–H and O–H groups in total. The number of aliphatic hydroxyl groups excluding tert-OH is 1. The maximum absolute atomic E-state index is 10.3. The molecule has 112 valence electrons. The average molecular weight is 389 g/mol. The lowest BCUT2D eigenvalue weighted by Crippen LogP contribution is -2.25. The Bertz CT molecular complexity index is 621. The summed E-state index contributed by atoms with van der Waals surface area (Å²) >= 11 is 15.6. The van der Waals surface area contributed by atoms with Gasteiger partial charge >= 0.3 is 0 Å². The van der Waals surface area contributed by atoms with Crippen molar-refractivity contribution in [3.8, 4) is 0 Å². The van der Waals surface area contributed by atoms with Crippen molar-refractivity contribution in [1.82, 2.24) is 5.32 Å². The zero-order valence-electron chi connectivity index (χ0n) is 11.5. The molecule has 0 aliphatic heterocycles. The minimum atomic E-state index is -0.707. The van der Waals surface area contributed by atoms with Crippen LogP contribution >= 0.6 is 39.1 Å². The highest BCUT2D eigenvalue weighted by Crippen LogP contribution is 2.27. The van der Waals surface area contributed by atoms with Gasteiger partial charge in [0, 0.05) is 32.7 Å². The predicted molar refractivity (Wildman–Crippen MR) is 92.0 cm³/mol. The minimum Gasteiger partial charge on any atom is -0.387 e. The van der Waals surface area contributed by atoms with Gasteiger partial charge in [0.25, 0.3) is 0 Å². The lowest BCUT2D eigenvalue weighted by molar-refractivity contribution is 0.171. The van der Waals surface area contributed by atoms with Crippen molar-refractivity contribution in [2.75, 3.05) is 6.54 Å². The fraction of sp³-hybridized carbons (Fsp3) is 0.250. The molecule has 0 spiro atoms. The van der Waals surface area contributed by atoms with E-state index in [-0.39, 0.29) is 6.04 Å². The van der Waals surface area contributed by atoms with E-state index in [0.29, 0.717) is 22.2 Å². The largest absolute Gasteiger partial charge is 0.387 e. The van der Waals surface area contributed by atoms with Gasteiger partial charge in [0.15, 0.2) is 0 Å². The van der Waals surface area contributed by atoms with Crippen molar-refractivity contribution >= 4 is 39.1 Å². The molecule has 0 heterocycles. The smallest absolute Gasteiger partial charge is 0.0929 e. The molecular weight excluding hydrogens is 373 g/mol. The first-order valence-electron chi connectivity index (χ1n) is 6.60. The van der Waals surface area contributed by atoms with Gasteiger partial charge in [0.1, 0.15) is 0 Å².